The molecule has 9 nitrogen and oxygen atoms in total. The van der Waals surface area contributed by atoms with E-state index in [1.165, 1.54) is 31.2 Å². The van der Waals surface area contributed by atoms with E-state index < -0.39 is 0 Å². The van der Waals surface area contributed by atoms with Crippen molar-refractivity contribution in [3.63, 3.8) is 0 Å². The topological polar surface area (TPSA) is 106 Å². The fourth-order valence-electron chi connectivity index (χ4n) is 5.33. The van der Waals surface area contributed by atoms with E-state index in [2.05, 4.69) is 45.2 Å². The number of hydrogen-bond acceptors (Lipinski definition) is 8. The van der Waals surface area contributed by atoms with Gasteiger partial charge in [0.25, 0.3) is 0 Å². The van der Waals surface area contributed by atoms with Crippen molar-refractivity contribution in [3.05, 3.63) is 35.3 Å². The summed E-state index contributed by atoms with van der Waals surface area (Å²) in [6, 6.07) is 2.53. The Morgan fingerprint density at radius 3 is 2.65 bits per heavy atom. The van der Waals surface area contributed by atoms with Crippen molar-refractivity contribution in [1.82, 2.24) is 29.9 Å². The molecule has 9 heteroatoms. The second-order valence-corrected chi connectivity index (χ2v) is 9.86. The first-order valence-corrected chi connectivity index (χ1v) is 12.6. The van der Waals surface area contributed by atoms with E-state index in [4.69, 9.17) is 15.5 Å². The number of aromatic nitrogens is 5. The molecule has 0 bridgehead atoms. The third kappa shape index (κ3) is 4.66. The summed E-state index contributed by atoms with van der Waals surface area (Å²) in [6.07, 6.45) is 11.6. The number of pyridine rings is 1. The van der Waals surface area contributed by atoms with Gasteiger partial charge in [0.1, 0.15) is 5.82 Å². The molecule has 3 aromatic heterocycles. The van der Waals surface area contributed by atoms with Gasteiger partial charge >= 0.3 is 6.01 Å². The first-order chi connectivity index (χ1) is 16.6. The van der Waals surface area contributed by atoms with Crippen LogP contribution in [0.15, 0.2) is 18.5 Å². The third-order valence-electron chi connectivity index (χ3n) is 7.45. The second kappa shape index (κ2) is 9.74. The Hall–Kier alpha value is -2.94. The molecule has 5 rings (SSSR count). The fourth-order valence-corrected chi connectivity index (χ4v) is 5.33. The maximum Gasteiger partial charge on any atom is 0.336 e. The van der Waals surface area contributed by atoms with E-state index in [-0.39, 0.29) is 0 Å². The summed E-state index contributed by atoms with van der Waals surface area (Å²) in [7, 11) is 0. The summed E-state index contributed by atoms with van der Waals surface area (Å²) in [6.45, 7) is 9.37. The van der Waals surface area contributed by atoms with Crippen molar-refractivity contribution in [3.8, 4) is 6.01 Å². The number of nitrogens with zero attached hydrogens (tertiary/aromatic N) is 6. The van der Waals surface area contributed by atoms with Crippen LogP contribution in [0.3, 0.4) is 0 Å². The maximum atomic E-state index is 6.11. The summed E-state index contributed by atoms with van der Waals surface area (Å²) in [5, 5.41) is 8.03. The molecule has 182 valence electrons. The predicted octanol–water partition coefficient (Wildman–Crippen LogP) is 3.15. The molecule has 1 spiro atoms. The van der Waals surface area contributed by atoms with Gasteiger partial charge in [-0.2, -0.15) is 4.98 Å². The monoisotopic (exact) mass is 464 g/mol. The molecule has 34 heavy (non-hydrogen) atoms. The van der Waals surface area contributed by atoms with E-state index in [0.717, 1.165) is 56.1 Å². The van der Waals surface area contributed by atoms with Gasteiger partial charge < -0.3 is 20.7 Å². The van der Waals surface area contributed by atoms with Gasteiger partial charge in [0, 0.05) is 25.7 Å². The minimum Gasteiger partial charge on any atom is -0.462 e. The SMILES string of the molecule is CCCCOc1nc(N)c2ncc(Cc3cnc(N4CCC5(CCNCC5)CC4)c(C)c3)n2n1. The lowest BCUT2D eigenvalue weighted by Gasteiger charge is -2.45. The van der Waals surface area contributed by atoms with Crippen molar-refractivity contribution in [2.75, 3.05) is 43.4 Å². The smallest absolute Gasteiger partial charge is 0.336 e. The molecule has 0 atom stereocenters. The van der Waals surface area contributed by atoms with Crippen LogP contribution < -0.4 is 20.7 Å². The molecule has 0 unspecified atom stereocenters. The molecule has 0 saturated carbocycles. The Labute approximate surface area is 201 Å². The van der Waals surface area contributed by atoms with Crippen LogP contribution in [0.25, 0.3) is 5.65 Å². The van der Waals surface area contributed by atoms with E-state index in [0.29, 0.717) is 35.9 Å². The minimum absolute atomic E-state index is 0.291. The lowest BCUT2D eigenvalue weighted by molar-refractivity contribution is 0.154. The van der Waals surface area contributed by atoms with Crippen LogP contribution in [0.5, 0.6) is 6.01 Å². The molecule has 5 heterocycles. The van der Waals surface area contributed by atoms with Crippen molar-refractivity contribution in [1.29, 1.82) is 0 Å². The molecular weight excluding hydrogens is 428 g/mol. The number of nitrogens with one attached hydrogen (secondary N) is 1. The molecule has 2 saturated heterocycles. The highest BCUT2D eigenvalue weighted by Crippen LogP contribution is 2.40. The second-order valence-electron chi connectivity index (χ2n) is 9.86. The number of hydrogen-bond donors (Lipinski definition) is 2. The maximum absolute atomic E-state index is 6.11. The number of aryl methyl sites for hydroxylation is 1. The van der Waals surface area contributed by atoms with Crippen molar-refractivity contribution in [2.24, 2.45) is 5.41 Å². The fraction of sp³-hybridized carbons (Fsp3) is 0.600. The summed E-state index contributed by atoms with van der Waals surface area (Å²) >= 11 is 0. The van der Waals surface area contributed by atoms with Crippen LogP contribution in [0.4, 0.5) is 11.6 Å². The number of imidazole rings is 1. The van der Waals surface area contributed by atoms with Gasteiger partial charge in [0.2, 0.25) is 0 Å². The molecule has 0 aliphatic carbocycles. The van der Waals surface area contributed by atoms with Gasteiger partial charge in [-0.1, -0.05) is 19.4 Å². The lowest BCUT2D eigenvalue weighted by Crippen LogP contribution is -2.45. The van der Waals surface area contributed by atoms with Crippen LogP contribution in [0, 0.1) is 12.3 Å². The Kier molecular flexibility index (Phi) is 6.54. The van der Waals surface area contributed by atoms with E-state index in [1.54, 1.807) is 4.52 Å². The Bertz CT molecular complexity index is 1130. The predicted molar refractivity (Wildman–Crippen MR) is 133 cm³/mol. The lowest BCUT2D eigenvalue weighted by atomic mass is 9.71. The molecule has 3 N–H and O–H groups in total. The number of nitrogens with two attached hydrogens (primary N) is 1. The van der Waals surface area contributed by atoms with E-state index in [1.807, 2.05) is 12.4 Å². The number of fused-ring (bicyclic) bond motifs is 1. The Morgan fingerprint density at radius 2 is 1.91 bits per heavy atom. The normalized spacial score (nSPS) is 18.0. The van der Waals surface area contributed by atoms with Crippen molar-refractivity contribution in [2.45, 2.75) is 58.8 Å². The van der Waals surface area contributed by atoms with Crippen LogP contribution in [0.2, 0.25) is 0 Å². The van der Waals surface area contributed by atoms with Gasteiger partial charge in [-0.3, -0.25) is 0 Å². The highest BCUT2D eigenvalue weighted by molar-refractivity contribution is 5.60. The standard InChI is InChI=1S/C25H36N8O/c1-3-4-13-34-24-30-21(26)23-29-17-20(33(23)31-24)15-19-14-18(2)22(28-16-19)32-11-7-25(8-12-32)5-9-27-10-6-25/h14,16-17,27H,3-13,15H2,1-2H3,(H2,26,30,31). The highest BCUT2D eigenvalue weighted by Gasteiger charge is 2.36. The largest absolute Gasteiger partial charge is 0.462 e. The Morgan fingerprint density at radius 1 is 1.12 bits per heavy atom. The van der Waals surface area contributed by atoms with Gasteiger partial charge in [-0.25, -0.2) is 14.5 Å². The summed E-state index contributed by atoms with van der Waals surface area (Å²) in [5.41, 5.74) is 10.5. The van der Waals surface area contributed by atoms with Gasteiger partial charge in [0.15, 0.2) is 11.5 Å². The molecule has 2 fully saturated rings. The minimum atomic E-state index is 0.291. The van der Waals surface area contributed by atoms with Gasteiger partial charge in [0.05, 0.1) is 18.5 Å². The molecule has 0 amide bonds. The average molecular weight is 465 g/mol. The zero-order valence-electron chi connectivity index (χ0n) is 20.4. The van der Waals surface area contributed by atoms with Crippen LogP contribution in [-0.2, 0) is 6.42 Å². The van der Waals surface area contributed by atoms with Crippen molar-refractivity contribution >= 4 is 17.3 Å². The summed E-state index contributed by atoms with van der Waals surface area (Å²) < 4.78 is 7.43. The van der Waals surface area contributed by atoms with E-state index in [9.17, 15) is 0 Å². The zero-order chi connectivity index (χ0) is 23.5. The third-order valence-corrected chi connectivity index (χ3v) is 7.45. The number of piperidine rings is 2. The molecule has 3 aromatic rings. The summed E-state index contributed by atoms with van der Waals surface area (Å²) in [4.78, 5) is 16.0. The van der Waals surface area contributed by atoms with Gasteiger partial charge in [-0.15, -0.1) is 5.10 Å². The van der Waals surface area contributed by atoms with Crippen LogP contribution >= 0.6 is 0 Å². The number of nitrogen functional groups attached to an aromatic ring is 1. The number of rotatable bonds is 7. The molecule has 2 aliphatic heterocycles. The first-order valence-electron chi connectivity index (χ1n) is 12.6. The molecular formula is C25H36N8O. The van der Waals surface area contributed by atoms with Gasteiger partial charge in [-0.05, 0) is 68.7 Å². The number of ether oxygens (including phenoxy) is 1. The first kappa shape index (κ1) is 22.8. The van der Waals surface area contributed by atoms with Crippen LogP contribution in [-0.4, -0.2) is 57.4 Å². The summed E-state index contributed by atoms with van der Waals surface area (Å²) in [5.74, 6) is 1.44. The van der Waals surface area contributed by atoms with Crippen LogP contribution in [0.1, 0.15) is 62.3 Å². The Balaban J connectivity index is 1.29. The quantitative estimate of drug-likeness (QED) is 0.514. The average Bonchev–Trinajstić information content (AvgIpc) is 3.24. The zero-order valence-corrected chi connectivity index (χ0v) is 20.4. The number of unbranched alkanes of at least 4 members (excludes halogenated alkanes) is 1. The van der Waals surface area contributed by atoms with Crippen molar-refractivity contribution < 1.29 is 4.74 Å². The molecule has 0 radical (unpaired) electrons. The highest BCUT2D eigenvalue weighted by atomic mass is 16.5. The molecule has 0 aromatic carbocycles. The number of anilines is 2. The molecule has 2 aliphatic rings. The van der Waals surface area contributed by atoms with E-state index >= 15 is 0 Å².